The first kappa shape index (κ1) is 20.9. The molecule has 1 heterocycles. The third-order valence-electron chi connectivity index (χ3n) is 6.22. The van der Waals surface area contributed by atoms with Crippen LogP contribution in [0.15, 0.2) is 48.5 Å². The normalized spacial score (nSPS) is 16.1. The number of hydrogen-bond acceptors (Lipinski definition) is 4. The van der Waals surface area contributed by atoms with E-state index in [1.165, 1.54) is 4.90 Å². The van der Waals surface area contributed by atoms with Crippen LogP contribution in [0.1, 0.15) is 30.4 Å². The summed E-state index contributed by atoms with van der Waals surface area (Å²) in [6.07, 6.45) is -0.00312. The molecule has 1 atom stereocenters. The Morgan fingerprint density at radius 2 is 1.65 bits per heavy atom. The van der Waals surface area contributed by atoms with E-state index in [0.29, 0.717) is 6.42 Å². The number of amides is 2. The molecule has 2 N–H and O–H groups in total. The molecule has 0 spiro atoms. The zero-order valence-corrected chi connectivity index (χ0v) is 17.4. The summed E-state index contributed by atoms with van der Waals surface area (Å²) in [4.78, 5) is 37.3. The summed E-state index contributed by atoms with van der Waals surface area (Å²) >= 11 is 0. The lowest BCUT2D eigenvalue weighted by molar-refractivity contribution is -0.154. The Hall–Kier alpha value is -3.35. The Morgan fingerprint density at radius 1 is 1.06 bits per heavy atom. The van der Waals surface area contributed by atoms with Crippen molar-refractivity contribution < 1.29 is 24.2 Å². The van der Waals surface area contributed by atoms with Gasteiger partial charge in [-0.3, -0.25) is 9.59 Å². The molecule has 1 saturated heterocycles. The first-order chi connectivity index (χ1) is 15.0. The Balaban J connectivity index is 1.31. The summed E-state index contributed by atoms with van der Waals surface area (Å²) in [5, 5.41) is 11.7. The summed E-state index contributed by atoms with van der Waals surface area (Å²) in [7, 11) is 0. The van der Waals surface area contributed by atoms with Gasteiger partial charge in [-0.1, -0.05) is 55.5 Å². The predicted molar refractivity (Wildman–Crippen MR) is 115 cm³/mol. The highest BCUT2D eigenvalue weighted by molar-refractivity contribution is 5.83. The van der Waals surface area contributed by atoms with E-state index in [4.69, 9.17) is 9.84 Å². The monoisotopic (exact) mass is 422 g/mol. The lowest BCUT2D eigenvalue weighted by Crippen LogP contribution is -2.55. The molecule has 0 saturated carbocycles. The molecule has 1 unspecified atom stereocenters. The first-order valence-electron chi connectivity index (χ1n) is 10.6. The molecule has 31 heavy (non-hydrogen) atoms. The van der Waals surface area contributed by atoms with Gasteiger partial charge in [0, 0.05) is 25.6 Å². The SMILES string of the molecule is CCC(CNC(=O)OCC1c2ccccc2-c2ccccc21)C(=O)N1CC(C(=O)O)C1. The van der Waals surface area contributed by atoms with Crippen LogP contribution in [0.4, 0.5) is 4.79 Å². The number of alkyl carbamates (subject to hydrolysis) is 1. The lowest BCUT2D eigenvalue weighted by atomic mass is 9.96. The molecular formula is C24H26N2O5. The van der Waals surface area contributed by atoms with Crippen molar-refractivity contribution in [2.24, 2.45) is 11.8 Å². The fraction of sp³-hybridized carbons (Fsp3) is 0.375. The number of aliphatic carboxylic acids is 1. The van der Waals surface area contributed by atoms with Crippen LogP contribution in [0.3, 0.4) is 0 Å². The molecule has 1 aliphatic heterocycles. The number of carboxylic acid groups (broad SMARTS) is 1. The van der Waals surface area contributed by atoms with Crippen molar-refractivity contribution >= 4 is 18.0 Å². The van der Waals surface area contributed by atoms with E-state index in [0.717, 1.165) is 22.3 Å². The van der Waals surface area contributed by atoms with E-state index in [1.54, 1.807) is 0 Å². The fourth-order valence-corrected chi connectivity index (χ4v) is 4.34. The van der Waals surface area contributed by atoms with Crippen molar-refractivity contribution in [2.45, 2.75) is 19.3 Å². The Morgan fingerprint density at radius 3 is 2.19 bits per heavy atom. The average Bonchev–Trinajstić information content (AvgIpc) is 3.05. The van der Waals surface area contributed by atoms with Crippen LogP contribution >= 0.6 is 0 Å². The third-order valence-corrected chi connectivity index (χ3v) is 6.22. The largest absolute Gasteiger partial charge is 0.481 e. The first-order valence-corrected chi connectivity index (χ1v) is 10.6. The van der Waals surface area contributed by atoms with Gasteiger partial charge in [-0.15, -0.1) is 0 Å². The number of carboxylic acids is 1. The lowest BCUT2D eigenvalue weighted by Gasteiger charge is -2.38. The van der Waals surface area contributed by atoms with Crippen molar-refractivity contribution in [1.29, 1.82) is 0 Å². The van der Waals surface area contributed by atoms with Crippen LogP contribution in [0, 0.1) is 11.8 Å². The number of hydrogen-bond donors (Lipinski definition) is 2. The number of carbonyl (C=O) groups is 3. The molecule has 2 amide bonds. The van der Waals surface area contributed by atoms with Gasteiger partial charge in [0.1, 0.15) is 6.61 Å². The number of benzene rings is 2. The van der Waals surface area contributed by atoms with Gasteiger partial charge in [-0.05, 0) is 28.7 Å². The number of carbonyl (C=O) groups excluding carboxylic acids is 2. The zero-order valence-electron chi connectivity index (χ0n) is 17.4. The van der Waals surface area contributed by atoms with Crippen LogP contribution in [0.5, 0.6) is 0 Å². The Kier molecular flexibility index (Phi) is 5.93. The van der Waals surface area contributed by atoms with E-state index in [-0.39, 0.29) is 38.1 Å². The quantitative estimate of drug-likeness (QED) is 0.715. The summed E-state index contributed by atoms with van der Waals surface area (Å²) in [6, 6.07) is 16.3. The standard InChI is InChI=1S/C24H26N2O5/c1-2-15(22(27)26-12-16(13-26)23(28)29)11-25-24(30)31-14-21-19-9-5-3-7-17(19)18-8-4-6-10-20(18)21/h3-10,15-16,21H,2,11-14H2,1H3,(H,25,30)(H,28,29). The third kappa shape index (κ3) is 4.13. The fourth-order valence-electron chi connectivity index (χ4n) is 4.34. The summed E-state index contributed by atoms with van der Waals surface area (Å²) < 4.78 is 5.51. The molecule has 1 fully saturated rings. The highest BCUT2D eigenvalue weighted by Gasteiger charge is 2.38. The van der Waals surface area contributed by atoms with E-state index in [1.807, 2.05) is 31.2 Å². The molecule has 0 radical (unpaired) electrons. The molecule has 2 aliphatic rings. The van der Waals surface area contributed by atoms with Gasteiger partial charge in [-0.2, -0.15) is 0 Å². The van der Waals surface area contributed by atoms with Gasteiger partial charge >= 0.3 is 12.1 Å². The van der Waals surface area contributed by atoms with Crippen LogP contribution in [0.25, 0.3) is 11.1 Å². The van der Waals surface area contributed by atoms with Crippen molar-refractivity contribution in [3.05, 3.63) is 59.7 Å². The number of nitrogens with one attached hydrogen (secondary N) is 1. The zero-order chi connectivity index (χ0) is 22.0. The van der Waals surface area contributed by atoms with Crippen LogP contribution in [-0.4, -0.2) is 54.2 Å². The molecule has 162 valence electrons. The summed E-state index contributed by atoms with van der Waals surface area (Å²) in [6.45, 7) is 2.72. The van der Waals surface area contributed by atoms with E-state index in [9.17, 15) is 14.4 Å². The number of nitrogens with zero attached hydrogens (tertiary/aromatic N) is 1. The number of fused-ring (bicyclic) bond motifs is 3. The molecule has 7 heteroatoms. The minimum absolute atomic E-state index is 0.0178. The number of ether oxygens (including phenoxy) is 1. The molecule has 2 aromatic carbocycles. The highest BCUT2D eigenvalue weighted by atomic mass is 16.5. The second kappa shape index (κ2) is 8.79. The van der Waals surface area contributed by atoms with Crippen molar-refractivity contribution in [2.75, 3.05) is 26.2 Å². The van der Waals surface area contributed by atoms with Gasteiger partial charge in [0.15, 0.2) is 0 Å². The molecule has 2 aromatic rings. The summed E-state index contributed by atoms with van der Waals surface area (Å²) in [5.41, 5.74) is 4.61. The maximum Gasteiger partial charge on any atom is 0.407 e. The minimum atomic E-state index is -0.881. The molecule has 1 aliphatic carbocycles. The second-order valence-corrected chi connectivity index (χ2v) is 8.09. The number of rotatable bonds is 7. The second-order valence-electron chi connectivity index (χ2n) is 8.09. The highest BCUT2D eigenvalue weighted by Crippen LogP contribution is 2.44. The molecule has 0 bridgehead atoms. The van der Waals surface area contributed by atoms with Crippen molar-refractivity contribution in [3.63, 3.8) is 0 Å². The molecule has 7 nitrogen and oxygen atoms in total. The number of likely N-dealkylation sites (tertiary alicyclic amines) is 1. The molecule has 0 aromatic heterocycles. The van der Waals surface area contributed by atoms with Crippen LogP contribution < -0.4 is 5.32 Å². The van der Waals surface area contributed by atoms with E-state index >= 15 is 0 Å². The van der Waals surface area contributed by atoms with Gasteiger partial charge < -0.3 is 20.1 Å². The van der Waals surface area contributed by atoms with Gasteiger partial charge in [0.2, 0.25) is 5.91 Å². The topological polar surface area (TPSA) is 95.9 Å². The summed E-state index contributed by atoms with van der Waals surface area (Å²) in [5.74, 6) is -1.91. The molecular weight excluding hydrogens is 396 g/mol. The van der Waals surface area contributed by atoms with Crippen molar-refractivity contribution in [3.8, 4) is 11.1 Å². The van der Waals surface area contributed by atoms with Gasteiger partial charge in [-0.25, -0.2) is 4.79 Å². The smallest absolute Gasteiger partial charge is 0.407 e. The van der Waals surface area contributed by atoms with Gasteiger partial charge in [0.25, 0.3) is 0 Å². The maximum atomic E-state index is 12.5. The maximum absolute atomic E-state index is 12.5. The van der Waals surface area contributed by atoms with Gasteiger partial charge in [0.05, 0.1) is 11.8 Å². The Labute approximate surface area is 181 Å². The minimum Gasteiger partial charge on any atom is -0.481 e. The molecule has 4 rings (SSSR count). The van der Waals surface area contributed by atoms with Crippen molar-refractivity contribution in [1.82, 2.24) is 10.2 Å². The predicted octanol–water partition coefficient (Wildman–Crippen LogP) is 3.09. The Bertz CT molecular complexity index is 953. The van der Waals surface area contributed by atoms with Crippen LogP contribution in [0.2, 0.25) is 0 Å². The average molecular weight is 422 g/mol. The van der Waals surface area contributed by atoms with E-state index < -0.39 is 23.9 Å². The van der Waals surface area contributed by atoms with E-state index in [2.05, 4.69) is 29.6 Å². The van der Waals surface area contributed by atoms with Crippen LogP contribution in [-0.2, 0) is 14.3 Å².